The molecule has 1 aromatic carbocycles. The Kier molecular flexibility index (Phi) is 4.39. The van der Waals surface area contributed by atoms with Crippen LogP contribution in [0, 0.1) is 0 Å². The van der Waals surface area contributed by atoms with Gasteiger partial charge < -0.3 is 24.3 Å². The van der Waals surface area contributed by atoms with Crippen molar-refractivity contribution in [2.24, 2.45) is 0 Å². The first-order chi connectivity index (χ1) is 12.3. The van der Waals surface area contributed by atoms with E-state index in [1.165, 1.54) is 0 Å². The summed E-state index contributed by atoms with van der Waals surface area (Å²) in [6.07, 6.45) is 2.41. The van der Waals surface area contributed by atoms with Crippen LogP contribution in [0.15, 0.2) is 36.5 Å². The van der Waals surface area contributed by atoms with E-state index >= 15 is 0 Å². The van der Waals surface area contributed by atoms with Crippen LogP contribution in [-0.4, -0.2) is 37.0 Å². The first-order valence-electron chi connectivity index (χ1n) is 8.15. The number of fused-ring (bicyclic) bond motifs is 1. The molecule has 2 aromatic rings. The van der Waals surface area contributed by atoms with E-state index < -0.39 is 0 Å². The molecule has 130 valence electrons. The monoisotopic (exact) mass is 342 g/mol. The zero-order valence-electron chi connectivity index (χ0n) is 13.6. The molecule has 0 aliphatic carbocycles. The van der Waals surface area contributed by atoms with Gasteiger partial charge in [0.25, 0.3) is 5.91 Å². The van der Waals surface area contributed by atoms with Gasteiger partial charge in [-0.25, -0.2) is 4.98 Å². The van der Waals surface area contributed by atoms with Crippen LogP contribution in [0.3, 0.4) is 0 Å². The number of nitrogens with one attached hydrogen (secondary N) is 1. The van der Waals surface area contributed by atoms with Crippen LogP contribution < -0.4 is 19.5 Å². The summed E-state index contributed by atoms with van der Waals surface area (Å²) in [5.74, 6) is 1.67. The van der Waals surface area contributed by atoms with Crippen molar-refractivity contribution in [3.05, 3.63) is 47.7 Å². The van der Waals surface area contributed by atoms with Gasteiger partial charge in [0.05, 0.1) is 13.2 Å². The third kappa shape index (κ3) is 3.66. The maximum absolute atomic E-state index is 12.4. The highest BCUT2D eigenvalue weighted by atomic mass is 16.7. The van der Waals surface area contributed by atoms with Gasteiger partial charge in [0, 0.05) is 30.8 Å². The average Bonchev–Trinajstić information content (AvgIpc) is 3.31. The molecule has 1 atom stereocenters. The lowest BCUT2D eigenvalue weighted by atomic mass is 10.2. The van der Waals surface area contributed by atoms with E-state index in [1.54, 1.807) is 18.3 Å². The molecule has 4 rings (SSSR count). The predicted molar refractivity (Wildman–Crippen MR) is 87.8 cm³/mol. The number of nitrogens with zero attached hydrogens (tertiary/aromatic N) is 1. The first-order valence-corrected chi connectivity index (χ1v) is 8.15. The van der Waals surface area contributed by atoms with Crippen LogP contribution in [0.25, 0.3) is 0 Å². The molecule has 0 spiro atoms. The molecular formula is C18H18N2O5. The molecule has 0 saturated carbocycles. The molecular weight excluding hydrogens is 324 g/mol. The largest absolute Gasteiger partial charge is 0.472 e. The summed E-state index contributed by atoms with van der Waals surface area (Å²) in [7, 11) is 0. The topological polar surface area (TPSA) is 78.9 Å². The molecule has 2 aliphatic rings. The van der Waals surface area contributed by atoms with Gasteiger partial charge in [0.2, 0.25) is 12.7 Å². The van der Waals surface area contributed by atoms with Crippen molar-refractivity contribution in [1.29, 1.82) is 0 Å². The second-order valence-corrected chi connectivity index (χ2v) is 5.86. The normalized spacial score (nSPS) is 18.2. The highest BCUT2D eigenvalue weighted by molar-refractivity contribution is 5.94. The van der Waals surface area contributed by atoms with Crippen molar-refractivity contribution in [3.63, 3.8) is 0 Å². The van der Waals surface area contributed by atoms with E-state index in [1.807, 2.05) is 18.2 Å². The molecule has 25 heavy (non-hydrogen) atoms. The lowest BCUT2D eigenvalue weighted by Crippen LogP contribution is -2.23. The molecule has 1 saturated heterocycles. The molecule has 1 fully saturated rings. The standard InChI is InChI=1S/C18H18N2O5/c21-18(20-9-12-1-2-15-16(7-12)24-11-23-15)13-3-5-19-17(8-13)25-14-4-6-22-10-14/h1-3,5,7-8,14H,4,6,9-11H2,(H,20,21). The minimum atomic E-state index is -0.187. The van der Waals surface area contributed by atoms with Gasteiger partial charge in [-0.05, 0) is 23.8 Å². The third-order valence-corrected chi connectivity index (χ3v) is 4.06. The highest BCUT2D eigenvalue weighted by Gasteiger charge is 2.18. The number of pyridine rings is 1. The van der Waals surface area contributed by atoms with E-state index in [0.29, 0.717) is 37.0 Å². The fourth-order valence-corrected chi connectivity index (χ4v) is 2.73. The van der Waals surface area contributed by atoms with Crippen LogP contribution in [-0.2, 0) is 11.3 Å². The van der Waals surface area contributed by atoms with Crippen molar-refractivity contribution >= 4 is 5.91 Å². The maximum Gasteiger partial charge on any atom is 0.251 e. The van der Waals surface area contributed by atoms with Crippen molar-refractivity contribution < 1.29 is 23.7 Å². The number of hydrogen-bond donors (Lipinski definition) is 1. The predicted octanol–water partition coefficient (Wildman–Crippen LogP) is 1.91. The van der Waals surface area contributed by atoms with Crippen molar-refractivity contribution in [2.45, 2.75) is 19.1 Å². The molecule has 1 aromatic heterocycles. The number of hydrogen-bond acceptors (Lipinski definition) is 6. The van der Waals surface area contributed by atoms with Gasteiger partial charge in [-0.3, -0.25) is 4.79 Å². The Bertz CT molecular complexity index is 774. The maximum atomic E-state index is 12.4. The number of rotatable bonds is 5. The summed E-state index contributed by atoms with van der Waals surface area (Å²) in [6, 6.07) is 8.91. The summed E-state index contributed by atoms with van der Waals surface area (Å²) in [6.45, 7) is 1.88. The molecule has 1 unspecified atom stereocenters. The minimum absolute atomic E-state index is 0.000515. The second-order valence-electron chi connectivity index (χ2n) is 5.86. The number of aromatic nitrogens is 1. The number of benzene rings is 1. The zero-order chi connectivity index (χ0) is 17.1. The van der Waals surface area contributed by atoms with Crippen LogP contribution >= 0.6 is 0 Å². The summed E-state index contributed by atoms with van der Waals surface area (Å²) in [4.78, 5) is 16.5. The summed E-state index contributed by atoms with van der Waals surface area (Å²) < 4.78 is 21.6. The Hall–Kier alpha value is -2.80. The average molecular weight is 342 g/mol. The van der Waals surface area contributed by atoms with Crippen molar-refractivity contribution in [1.82, 2.24) is 10.3 Å². The van der Waals surface area contributed by atoms with Crippen LogP contribution in [0.1, 0.15) is 22.3 Å². The molecule has 1 N–H and O–H groups in total. The van der Waals surface area contributed by atoms with Gasteiger partial charge in [0.1, 0.15) is 6.10 Å². The number of ether oxygens (including phenoxy) is 4. The first kappa shape index (κ1) is 15.7. The van der Waals surface area contributed by atoms with Gasteiger partial charge in [-0.2, -0.15) is 0 Å². The van der Waals surface area contributed by atoms with E-state index in [-0.39, 0.29) is 18.8 Å². The molecule has 1 amide bonds. The van der Waals surface area contributed by atoms with Gasteiger partial charge >= 0.3 is 0 Å². The molecule has 7 nitrogen and oxygen atoms in total. The summed E-state index contributed by atoms with van der Waals surface area (Å²) in [5, 5.41) is 2.88. The van der Waals surface area contributed by atoms with E-state index in [9.17, 15) is 4.79 Å². The van der Waals surface area contributed by atoms with Gasteiger partial charge in [-0.15, -0.1) is 0 Å². The Balaban J connectivity index is 1.37. The lowest BCUT2D eigenvalue weighted by molar-refractivity contribution is 0.0949. The number of amides is 1. The third-order valence-electron chi connectivity index (χ3n) is 4.06. The Morgan fingerprint density at radius 3 is 3.04 bits per heavy atom. The van der Waals surface area contributed by atoms with Crippen molar-refractivity contribution in [2.75, 3.05) is 20.0 Å². The van der Waals surface area contributed by atoms with Crippen LogP contribution in [0.4, 0.5) is 0 Å². The van der Waals surface area contributed by atoms with Crippen molar-refractivity contribution in [3.8, 4) is 17.4 Å². The van der Waals surface area contributed by atoms with Crippen LogP contribution in [0.2, 0.25) is 0 Å². The molecule has 0 bridgehead atoms. The quantitative estimate of drug-likeness (QED) is 0.894. The number of carbonyl (C=O) groups is 1. The molecule has 3 heterocycles. The minimum Gasteiger partial charge on any atom is -0.472 e. The molecule has 2 aliphatic heterocycles. The SMILES string of the molecule is O=C(NCc1ccc2c(c1)OCO2)c1ccnc(OC2CCOC2)c1. The Labute approximate surface area is 144 Å². The number of carbonyl (C=O) groups excluding carboxylic acids is 1. The highest BCUT2D eigenvalue weighted by Crippen LogP contribution is 2.32. The van der Waals surface area contributed by atoms with Crippen LogP contribution in [0.5, 0.6) is 17.4 Å². The van der Waals surface area contributed by atoms with Gasteiger partial charge in [0.15, 0.2) is 11.5 Å². The smallest absolute Gasteiger partial charge is 0.251 e. The van der Waals surface area contributed by atoms with E-state index in [2.05, 4.69) is 10.3 Å². The Morgan fingerprint density at radius 1 is 1.24 bits per heavy atom. The lowest BCUT2D eigenvalue weighted by Gasteiger charge is -2.11. The molecule has 0 radical (unpaired) electrons. The molecule has 7 heteroatoms. The van der Waals surface area contributed by atoms with E-state index in [4.69, 9.17) is 18.9 Å². The second kappa shape index (κ2) is 6.98. The fraction of sp³-hybridized carbons (Fsp3) is 0.333. The van der Waals surface area contributed by atoms with E-state index in [0.717, 1.165) is 17.7 Å². The fourth-order valence-electron chi connectivity index (χ4n) is 2.73. The summed E-state index contributed by atoms with van der Waals surface area (Å²) >= 11 is 0. The van der Waals surface area contributed by atoms with Gasteiger partial charge in [-0.1, -0.05) is 6.07 Å². The summed E-state index contributed by atoms with van der Waals surface area (Å²) in [5.41, 5.74) is 1.44. The Morgan fingerprint density at radius 2 is 2.16 bits per heavy atom. The zero-order valence-corrected chi connectivity index (χ0v) is 13.6.